The molecule has 11 aromatic carbocycles. The van der Waals surface area contributed by atoms with Gasteiger partial charge in [0, 0.05) is 22.1 Å². The second kappa shape index (κ2) is 14.9. The topological polar surface area (TPSA) is 3.24 Å². The summed E-state index contributed by atoms with van der Waals surface area (Å²) in [5.41, 5.74) is 16.8. The first-order chi connectivity index (χ1) is 31.2. The minimum Gasteiger partial charge on any atom is -0.309 e. The Bertz CT molecular complexity index is 3500. The molecule has 0 N–H and O–H groups in total. The number of nitrogens with zero attached hydrogens (tertiary/aromatic N) is 1. The van der Waals surface area contributed by atoms with Gasteiger partial charge >= 0.3 is 0 Å². The number of hydrogen-bond acceptors (Lipinski definition) is 1. The monoisotopic (exact) mass is 801 g/mol. The Balaban J connectivity index is 1.21. The normalized spacial score (nSPS) is 14.2. The molecule has 0 amide bonds. The molecule has 0 aromatic heterocycles. The van der Waals surface area contributed by atoms with Crippen molar-refractivity contribution in [1.29, 1.82) is 0 Å². The van der Waals surface area contributed by atoms with E-state index in [1.54, 1.807) is 0 Å². The molecule has 1 nitrogen and oxygen atoms in total. The lowest BCUT2D eigenvalue weighted by molar-refractivity contribution is 0.714. The van der Waals surface area contributed by atoms with E-state index in [0.717, 1.165) is 17.1 Å². The number of fused-ring (bicyclic) bond motifs is 7. The van der Waals surface area contributed by atoms with Crippen LogP contribution in [0, 0.1) is 0 Å². The molecule has 12 rings (SSSR count). The Kier molecular flexibility index (Phi) is 8.69. The van der Waals surface area contributed by atoms with Crippen LogP contribution in [-0.4, -0.2) is 0 Å². The molecule has 296 valence electrons. The molecule has 1 aliphatic carbocycles. The van der Waals surface area contributed by atoms with Gasteiger partial charge < -0.3 is 4.90 Å². The summed E-state index contributed by atoms with van der Waals surface area (Å²) in [6, 6.07) is 89.4. The molecule has 0 radical (unpaired) electrons. The summed E-state index contributed by atoms with van der Waals surface area (Å²) in [5.74, 6) is 0. The highest BCUT2D eigenvalue weighted by Crippen LogP contribution is 2.57. The average molecular weight is 802 g/mol. The first kappa shape index (κ1) is 36.8. The molecule has 1 unspecified atom stereocenters. The Hall–Kier alpha value is -8.00. The second-order valence-electron chi connectivity index (χ2n) is 16.9. The molecule has 1 atom stereocenters. The maximum Gasteiger partial charge on any atom is 0.0543 e. The van der Waals surface area contributed by atoms with Crippen LogP contribution in [0.25, 0.3) is 76.8 Å². The highest BCUT2D eigenvalue weighted by molar-refractivity contribution is 6.22. The third-order valence-electron chi connectivity index (χ3n) is 13.5. The molecule has 63 heavy (non-hydrogen) atoms. The summed E-state index contributed by atoms with van der Waals surface area (Å²) in [4.78, 5) is 2.55. The van der Waals surface area contributed by atoms with Gasteiger partial charge in [-0.3, -0.25) is 0 Å². The molecule has 11 aromatic rings. The molecule has 1 aliphatic rings. The van der Waals surface area contributed by atoms with E-state index in [0.29, 0.717) is 0 Å². The van der Waals surface area contributed by atoms with Gasteiger partial charge in [-0.25, -0.2) is 0 Å². The van der Waals surface area contributed by atoms with Gasteiger partial charge in [-0.2, -0.15) is 0 Å². The fourth-order valence-corrected chi connectivity index (χ4v) is 10.7. The highest BCUT2D eigenvalue weighted by Gasteiger charge is 2.42. The lowest BCUT2D eigenvalue weighted by Gasteiger charge is -2.32. The minimum absolute atomic E-state index is 0.346. The van der Waals surface area contributed by atoms with Crippen molar-refractivity contribution in [2.75, 3.05) is 4.90 Å². The van der Waals surface area contributed by atoms with Crippen molar-refractivity contribution in [2.24, 2.45) is 0 Å². The first-order valence-electron chi connectivity index (χ1n) is 21.9. The van der Waals surface area contributed by atoms with Gasteiger partial charge in [-0.15, -0.1) is 0 Å². The molecule has 0 aliphatic heterocycles. The van der Waals surface area contributed by atoms with E-state index in [9.17, 15) is 0 Å². The van der Waals surface area contributed by atoms with Crippen molar-refractivity contribution in [3.63, 3.8) is 0 Å². The number of rotatable bonds is 7. The molecule has 0 fully saturated rings. The van der Waals surface area contributed by atoms with Gasteiger partial charge in [0.1, 0.15) is 0 Å². The quantitative estimate of drug-likeness (QED) is 0.145. The van der Waals surface area contributed by atoms with Crippen LogP contribution in [0.4, 0.5) is 17.1 Å². The van der Waals surface area contributed by atoms with Crippen LogP contribution in [-0.2, 0) is 5.41 Å². The highest BCUT2D eigenvalue weighted by atomic mass is 15.1. The smallest absolute Gasteiger partial charge is 0.0543 e. The predicted octanol–water partition coefficient (Wildman–Crippen LogP) is 17.0. The van der Waals surface area contributed by atoms with E-state index in [-0.39, 0.29) is 5.41 Å². The van der Waals surface area contributed by atoms with Crippen molar-refractivity contribution >= 4 is 49.4 Å². The molecule has 0 saturated heterocycles. The Labute approximate surface area is 368 Å². The molecule has 0 heterocycles. The zero-order valence-corrected chi connectivity index (χ0v) is 35.0. The summed E-state index contributed by atoms with van der Waals surface area (Å²) in [5, 5.41) is 7.36. The fourth-order valence-electron chi connectivity index (χ4n) is 10.7. The van der Waals surface area contributed by atoms with E-state index in [2.05, 4.69) is 254 Å². The van der Waals surface area contributed by atoms with Crippen LogP contribution in [0.2, 0.25) is 0 Å². The molecule has 0 saturated carbocycles. The van der Waals surface area contributed by atoms with Crippen LogP contribution < -0.4 is 4.90 Å². The van der Waals surface area contributed by atoms with Gasteiger partial charge in [0.2, 0.25) is 0 Å². The van der Waals surface area contributed by atoms with E-state index >= 15 is 0 Å². The van der Waals surface area contributed by atoms with Crippen LogP contribution in [0.3, 0.4) is 0 Å². The molecular weight excluding hydrogens is 759 g/mol. The fraction of sp³-hybridized carbons (Fsp3) is 0.0323. The number of anilines is 3. The zero-order chi connectivity index (χ0) is 41.9. The van der Waals surface area contributed by atoms with Gasteiger partial charge in [0.05, 0.1) is 11.4 Å². The molecule has 1 heteroatoms. The van der Waals surface area contributed by atoms with Crippen LogP contribution in [0.5, 0.6) is 0 Å². The van der Waals surface area contributed by atoms with Crippen molar-refractivity contribution < 1.29 is 0 Å². The molecular formula is C62H43N. The van der Waals surface area contributed by atoms with Crippen LogP contribution in [0.1, 0.15) is 23.6 Å². The van der Waals surface area contributed by atoms with Gasteiger partial charge in [-0.05, 0) is 114 Å². The summed E-state index contributed by atoms with van der Waals surface area (Å²) in [6.07, 6.45) is 0. The van der Waals surface area contributed by atoms with Crippen molar-refractivity contribution in [3.05, 3.63) is 259 Å². The molecule has 0 bridgehead atoms. The van der Waals surface area contributed by atoms with Crippen LogP contribution >= 0.6 is 0 Å². The summed E-state index contributed by atoms with van der Waals surface area (Å²) >= 11 is 0. The largest absolute Gasteiger partial charge is 0.309 e. The Morgan fingerprint density at radius 2 is 0.825 bits per heavy atom. The van der Waals surface area contributed by atoms with E-state index in [1.807, 2.05) is 0 Å². The average Bonchev–Trinajstić information content (AvgIpc) is 3.63. The standard InChI is InChI=1S/C62H43N/c1-62(45-27-12-5-13-28-45)55-34-19-18-33-53(55)61-56(62)35-20-36-58(61)63(57-40-39-47(42-21-6-2-7-22-42)48-29-14-16-31-51(48)57)46-37-38-50-49-30-15-17-32-52(49)59(43-23-8-3-9-24-43)60(54(50)41-46)44-25-10-4-11-26-44/h2-41H,1H3. The number of benzene rings is 11. The summed E-state index contributed by atoms with van der Waals surface area (Å²) in [7, 11) is 0. The SMILES string of the molecule is CC1(c2ccccc2)c2ccccc2-c2c(N(c3ccc4c(c3)c(-c3ccccc3)c(-c3ccccc3)c3ccccc34)c3ccc(-c4ccccc4)c4ccccc34)cccc21. The lowest BCUT2D eigenvalue weighted by atomic mass is 9.74. The molecule has 0 spiro atoms. The van der Waals surface area contributed by atoms with Crippen molar-refractivity contribution in [1.82, 2.24) is 0 Å². The maximum absolute atomic E-state index is 2.55. The summed E-state index contributed by atoms with van der Waals surface area (Å²) in [6.45, 7) is 2.41. The van der Waals surface area contributed by atoms with E-state index < -0.39 is 0 Å². The lowest BCUT2D eigenvalue weighted by Crippen LogP contribution is -2.22. The first-order valence-corrected chi connectivity index (χ1v) is 21.9. The third-order valence-corrected chi connectivity index (χ3v) is 13.5. The van der Waals surface area contributed by atoms with Crippen molar-refractivity contribution in [3.8, 4) is 44.5 Å². The van der Waals surface area contributed by atoms with E-state index in [4.69, 9.17) is 0 Å². The van der Waals surface area contributed by atoms with E-state index in [1.165, 1.54) is 93.5 Å². The van der Waals surface area contributed by atoms with Gasteiger partial charge in [0.15, 0.2) is 0 Å². The summed E-state index contributed by atoms with van der Waals surface area (Å²) < 4.78 is 0. The minimum atomic E-state index is -0.346. The van der Waals surface area contributed by atoms with Gasteiger partial charge in [-0.1, -0.05) is 218 Å². The predicted molar refractivity (Wildman–Crippen MR) is 267 cm³/mol. The Morgan fingerprint density at radius 1 is 0.302 bits per heavy atom. The Morgan fingerprint density at radius 3 is 1.52 bits per heavy atom. The van der Waals surface area contributed by atoms with Gasteiger partial charge in [0.25, 0.3) is 0 Å². The van der Waals surface area contributed by atoms with Crippen LogP contribution in [0.15, 0.2) is 243 Å². The second-order valence-corrected chi connectivity index (χ2v) is 16.9. The van der Waals surface area contributed by atoms with Crippen molar-refractivity contribution in [2.45, 2.75) is 12.3 Å². The third kappa shape index (κ3) is 5.78. The maximum atomic E-state index is 2.55. The number of hydrogen-bond donors (Lipinski definition) is 0. The zero-order valence-electron chi connectivity index (χ0n) is 35.0.